The van der Waals surface area contributed by atoms with Crippen LogP contribution in [-0.4, -0.2) is 29.2 Å². The van der Waals surface area contributed by atoms with Crippen LogP contribution in [0, 0.1) is 6.92 Å². The highest BCUT2D eigenvalue weighted by Gasteiger charge is 2.50. The first-order valence-corrected chi connectivity index (χ1v) is 11.6. The summed E-state index contributed by atoms with van der Waals surface area (Å²) in [6.45, 7) is 4.43. The fourth-order valence-corrected chi connectivity index (χ4v) is 5.07. The van der Waals surface area contributed by atoms with Crippen molar-refractivity contribution in [2.45, 2.75) is 44.8 Å². The number of hydrogen-bond acceptors (Lipinski definition) is 4. The van der Waals surface area contributed by atoms with Gasteiger partial charge in [-0.1, -0.05) is 48.0 Å². The highest BCUT2D eigenvalue weighted by molar-refractivity contribution is 5.99. The molecule has 0 aliphatic carbocycles. The van der Waals surface area contributed by atoms with E-state index in [9.17, 15) is 14.7 Å². The molecule has 2 N–H and O–H groups in total. The molecule has 2 amide bonds. The van der Waals surface area contributed by atoms with Crippen LogP contribution in [0.25, 0.3) is 0 Å². The molecule has 5 rings (SSSR count). The first-order chi connectivity index (χ1) is 16.3. The number of rotatable bonds is 5. The molecule has 2 bridgehead atoms. The Labute approximate surface area is 199 Å². The molecule has 3 aromatic carbocycles. The van der Waals surface area contributed by atoms with Crippen LogP contribution in [0.5, 0.6) is 11.5 Å². The van der Waals surface area contributed by atoms with E-state index in [-0.39, 0.29) is 23.5 Å². The average Bonchev–Trinajstić information content (AvgIpc) is 2.81. The summed E-state index contributed by atoms with van der Waals surface area (Å²) in [5.74, 6) is 0.240. The molecule has 2 aliphatic rings. The maximum atomic E-state index is 13.2. The minimum Gasteiger partial charge on any atom is -0.504 e. The predicted octanol–water partition coefficient (Wildman–Crippen LogP) is 4.69. The van der Waals surface area contributed by atoms with Gasteiger partial charge < -0.3 is 15.2 Å². The van der Waals surface area contributed by atoms with Crippen molar-refractivity contribution >= 4 is 17.5 Å². The molecule has 2 atom stereocenters. The Bertz CT molecular complexity index is 1250. The Balaban J connectivity index is 1.34. The average molecular weight is 457 g/mol. The van der Waals surface area contributed by atoms with E-state index in [4.69, 9.17) is 4.74 Å². The Morgan fingerprint density at radius 1 is 1.15 bits per heavy atom. The summed E-state index contributed by atoms with van der Waals surface area (Å²) in [5.41, 5.74) is 3.38. The number of anilines is 1. The van der Waals surface area contributed by atoms with E-state index in [2.05, 4.69) is 29.6 Å². The number of aromatic hydroxyl groups is 1. The first kappa shape index (κ1) is 22.0. The molecule has 6 heteroatoms. The van der Waals surface area contributed by atoms with Crippen molar-refractivity contribution in [1.82, 2.24) is 5.32 Å². The molecule has 0 saturated carbocycles. The normalized spacial score (nSPS) is 20.9. The zero-order valence-electron chi connectivity index (χ0n) is 19.4. The van der Waals surface area contributed by atoms with Crippen molar-refractivity contribution in [3.05, 3.63) is 89.0 Å². The lowest BCUT2D eigenvalue weighted by Gasteiger charge is -2.50. The third kappa shape index (κ3) is 4.00. The van der Waals surface area contributed by atoms with Gasteiger partial charge in [-0.15, -0.1) is 0 Å². The largest absolute Gasteiger partial charge is 0.504 e. The number of phenolic OH excluding ortho intramolecular Hbond substituents is 1. The molecule has 2 heterocycles. The van der Waals surface area contributed by atoms with E-state index in [1.807, 2.05) is 26.0 Å². The topological polar surface area (TPSA) is 78.9 Å². The molecule has 0 aromatic heterocycles. The number of carbonyl (C=O) groups excluding carboxylic acids is 2. The second kappa shape index (κ2) is 8.52. The summed E-state index contributed by atoms with van der Waals surface area (Å²) < 4.78 is 6.24. The molecule has 2 unspecified atom stereocenters. The molecule has 0 spiro atoms. The third-order valence-corrected chi connectivity index (χ3v) is 6.74. The summed E-state index contributed by atoms with van der Waals surface area (Å²) in [6, 6.07) is 20.6. The van der Waals surface area contributed by atoms with Gasteiger partial charge in [0, 0.05) is 42.1 Å². The van der Waals surface area contributed by atoms with Crippen molar-refractivity contribution in [3.63, 3.8) is 0 Å². The second-order valence-corrected chi connectivity index (χ2v) is 9.35. The SMILES string of the molecule is Cc1ccc(CCNC(=O)c2cccc(N3C(=O)CC4CC3(C)Oc3c(O)cccc34)c2)cc1. The molecular weight excluding hydrogens is 428 g/mol. The van der Waals surface area contributed by atoms with Crippen LogP contribution in [-0.2, 0) is 11.2 Å². The zero-order valence-corrected chi connectivity index (χ0v) is 19.4. The van der Waals surface area contributed by atoms with E-state index >= 15 is 0 Å². The van der Waals surface area contributed by atoms with Gasteiger partial charge in [0.2, 0.25) is 5.91 Å². The number of para-hydroxylation sites is 1. The molecule has 174 valence electrons. The molecule has 2 aliphatic heterocycles. The van der Waals surface area contributed by atoms with Crippen LogP contribution in [0.4, 0.5) is 5.69 Å². The predicted molar refractivity (Wildman–Crippen MR) is 130 cm³/mol. The number of nitrogens with one attached hydrogen (secondary N) is 1. The van der Waals surface area contributed by atoms with Crippen LogP contribution in [0.2, 0.25) is 0 Å². The summed E-state index contributed by atoms with van der Waals surface area (Å²) in [7, 11) is 0. The number of ether oxygens (including phenoxy) is 1. The minimum absolute atomic E-state index is 0.0159. The van der Waals surface area contributed by atoms with Crippen LogP contribution in [0.3, 0.4) is 0 Å². The van der Waals surface area contributed by atoms with Gasteiger partial charge in [0.1, 0.15) is 0 Å². The van der Waals surface area contributed by atoms with Gasteiger partial charge in [0.05, 0.1) is 0 Å². The van der Waals surface area contributed by atoms with Crippen molar-refractivity contribution < 1.29 is 19.4 Å². The smallest absolute Gasteiger partial charge is 0.251 e. The quantitative estimate of drug-likeness (QED) is 0.584. The Morgan fingerprint density at radius 3 is 2.71 bits per heavy atom. The van der Waals surface area contributed by atoms with E-state index in [1.54, 1.807) is 35.2 Å². The Kier molecular flexibility index (Phi) is 5.52. The van der Waals surface area contributed by atoms with Crippen molar-refractivity contribution in [2.24, 2.45) is 0 Å². The van der Waals surface area contributed by atoms with Crippen LogP contribution >= 0.6 is 0 Å². The summed E-state index contributed by atoms with van der Waals surface area (Å²) in [4.78, 5) is 27.7. The number of fused-ring (bicyclic) bond motifs is 4. The van der Waals surface area contributed by atoms with Gasteiger partial charge >= 0.3 is 0 Å². The Hall–Kier alpha value is -3.80. The maximum absolute atomic E-state index is 13.2. The highest BCUT2D eigenvalue weighted by atomic mass is 16.5. The van der Waals surface area contributed by atoms with Gasteiger partial charge in [0.15, 0.2) is 17.2 Å². The summed E-state index contributed by atoms with van der Waals surface area (Å²) >= 11 is 0. The van der Waals surface area contributed by atoms with Crippen molar-refractivity contribution in [3.8, 4) is 11.5 Å². The number of benzene rings is 3. The van der Waals surface area contributed by atoms with E-state index in [1.165, 1.54) is 11.1 Å². The minimum atomic E-state index is -0.952. The summed E-state index contributed by atoms with van der Waals surface area (Å²) in [6.07, 6.45) is 1.68. The van der Waals surface area contributed by atoms with Gasteiger partial charge in [-0.25, -0.2) is 0 Å². The number of phenols is 1. The van der Waals surface area contributed by atoms with Gasteiger partial charge in [-0.3, -0.25) is 14.5 Å². The number of piperidine rings is 1. The molecular formula is C28H28N2O4. The number of carbonyl (C=O) groups is 2. The number of hydrogen-bond donors (Lipinski definition) is 2. The van der Waals surface area contributed by atoms with Gasteiger partial charge in [-0.05, 0) is 50.1 Å². The number of aryl methyl sites for hydroxylation is 1. The first-order valence-electron chi connectivity index (χ1n) is 11.6. The molecule has 3 aromatic rings. The van der Waals surface area contributed by atoms with Crippen LogP contribution in [0.15, 0.2) is 66.7 Å². The lowest BCUT2D eigenvalue weighted by Crippen LogP contribution is -2.60. The van der Waals surface area contributed by atoms with Gasteiger partial charge in [0.25, 0.3) is 5.91 Å². The fraction of sp³-hybridized carbons (Fsp3) is 0.286. The molecule has 34 heavy (non-hydrogen) atoms. The molecule has 1 saturated heterocycles. The van der Waals surface area contributed by atoms with Crippen LogP contribution < -0.4 is 15.0 Å². The zero-order chi connectivity index (χ0) is 23.9. The standard InChI is InChI=1S/C28H28N2O4/c1-18-9-11-19(12-10-18)13-14-29-27(33)20-5-3-6-22(15-20)30-25(32)16-21-17-28(30,2)34-26-23(21)7-4-8-24(26)31/h3-12,15,21,31H,13-14,16-17H2,1-2H3,(H,29,33). The number of nitrogens with zero attached hydrogens (tertiary/aromatic N) is 1. The molecule has 0 radical (unpaired) electrons. The molecule has 6 nitrogen and oxygen atoms in total. The summed E-state index contributed by atoms with van der Waals surface area (Å²) in [5, 5.41) is 13.3. The lowest BCUT2D eigenvalue weighted by atomic mass is 9.80. The second-order valence-electron chi connectivity index (χ2n) is 9.35. The highest BCUT2D eigenvalue weighted by Crippen LogP contribution is 2.51. The van der Waals surface area contributed by atoms with Gasteiger partial charge in [-0.2, -0.15) is 0 Å². The monoisotopic (exact) mass is 456 g/mol. The Morgan fingerprint density at radius 2 is 1.91 bits per heavy atom. The fourth-order valence-electron chi connectivity index (χ4n) is 5.07. The number of amides is 2. The lowest BCUT2D eigenvalue weighted by molar-refractivity contribution is -0.127. The van der Waals surface area contributed by atoms with E-state index in [0.29, 0.717) is 36.4 Å². The maximum Gasteiger partial charge on any atom is 0.251 e. The third-order valence-electron chi connectivity index (χ3n) is 6.74. The van der Waals surface area contributed by atoms with Crippen molar-refractivity contribution in [2.75, 3.05) is 11.4 Å². The molecule has 1 fully saturated rings. The van der Waals surface area contributed by atoms with E-state index < -0.39 is 5.72 Å². The van der Waals surface area contributed by atoms with Crippen molar-refractivity contribution in [1.29, 1.82) is 0 Å². The van der Waals surface area contributed by atoms with Crippen LogP contribution in [0.1, 0.15) is 52.7 Å². The van der Waals surface area contributed by atoms with E-state index in [0.717, 1.165) is 12.0 Å².